The smallest absolute Gasteiger partial charge is 0.251 e. The lowest BCUT2D eigenvalue weighted by molar-refractivity contribution is -0.122. The van der Waals surface area contributed by atoms with E-state index in [0.29, 0.717) is 25.1 Å². The first kappa shape index (κ1) is 24.1. The Labute approximate surface area is 168 Å². The number of nitrogens with one attached hydrogen (secondary N) is 2. The summed E-state index contributed by atoms with van der Waals surface area (Å²) in [6.45, 7) is 10.2. The number of carbonyl (C=O) groups excluding carboxylic acids is 2. The monoisotopic (exact) mass is 411 g/mol. The number of benzene rings is 1. The molecule has 2 amide bonds. The number of carbonyl (C=O) groups is 2. The third-order valence-corrected chi connectivity index (χ3v) is 6.40. The van der Waals surface area contributed by atoms with E-state index in [4.69, 9.17) is 0 Å². The molecule has 0 aromatic heterocycles. The quantitative estimate of drug-likeness (QED) is 0.607. The Morgan fingerprint density at radius 3 is 2.21 bits per heavy atom. The second-order valence-corrected chi connectivity index (χ2v) is 10.3. The molecule has 0 aliphatic heterocycles. The molecule has 8 heteroatoms. The molecule has 0 aliphatic carbocycles. The number of rotatable bonds is 9. The van der Waals surface area contributed by atoms with Gasteiger partial charge in [-0.25, -0.2) is 12.7 Å². The van der Waals surface area contributed by atoms with Crippen molar-refractivity contribution >= 4 is 21.8 Å². The highest BCUT2D eigenvalue weighted by atomic mass is 32.2. The van der Waals surface area contributed by atoms with Crippen LogP contribution in [0.15, 0.2) is 24.3 Å². The molecule has 1 rings (SSSR count). The summed E-state index contributed by atoms with van der Waals surface area (Å²) in [6.07, 6.45) is 0.496. The van der Waals surface area contributed by atoms with E-state index in [0.717, 1.165) is 5.56 Å². The van der Waals surface area contributed by atoms with Crippen LogP contribution in [-0.4, -0.2) is 56.5 Å². The second-order valence-electron chi connectivity index (χ2n) is 7.89. The van der Waals surface area contributed by atoms with Crippen molar-refractivity contribution < 1.29 is 18.0 Å². The molecule has 1 aromatic carbocycles. The molecular weight excluding hydrogens is 378 g/mol. The van der Waals surface area contributed by atoms with Crippen LogP contribution in [0.25, 0.3) is 0 Å². The fourth-order valence-electron chi connectivity index (χ4n) is 2.49. The molecule has 1 unspecified atom stereocenters. The van der Waals surface area contributed by atoms with Gasteiger partial charge in [0.05, 0.1) is 5.75 Å². The fraction of sp³-hybridized carbons (Fsp3) is 0.600. The zero-order valence-corrected chi connectivity index (χ0v) is 18.5. The lowest BCUT2D eigenvalue weighted by atomic mass is 9.86. The van der Waals surface area contributed by atoms with Gasteiger partial charge in [-0.2, -0.15) is 0 Å². The predicted molar refractivity (Wildman–Crippen MR) is 112 cm³/mol. The molecule has 1 aromatic rings. The molecule has 7 nitrogen and oxygen atoms in total. The Morgan fingerprint density at radius 2 is 1.71 bits per heavy atom. The average molecular weight is 412 g/mol. The summed E-state index contributed by atoms with van der Waals surface area (Å²) < 4.78 is 24.6. The van der Waals surface area contributed by atoms with Crippen LogP contribution in [-0.2, 0) is 20.2 Å². The summed E-state index contributed by atoms with van der Waals surface area (Å²) in [4.78, 5) is 24.5. The van der Waals surface area contributed by atoms with Crippen LogP contribution in [0.2, 0.25) is 0 Å². The van der Waals surface area contributed by atoms with E-state index in [-0.39, 0.29) is 23.0 Å². The molecule has 158 valence electrons. The highest BCUT2D eigenvalue weighted by molar-refractivity contribution is 7.89. The molecule has 0 heterocycles. The van der Waals surface area contributed by atoms with Gasteiger partial charge < -0.3 is 10.6 Å². The molecule has 0 saturated carbocycles. The molecular formula is C20H33N3O4S. The van der Waals surface area contributed by atoms with Crippen molar-refractivity contribution in [2.24, 2.45) is 0 Å². The van der Waals surface area contributed by atoms with Crippen molar-refractivity contribution in [2.75, 3.05) is 25.9 Å². The van der Waals surface area contributed by atoms with Gasteiger partial charge in [-0.15, -0.1) is 0 Å². The van der Waals surface area contributed by atoms with Crippen LogP contribution < -0.4 is 10.6 Å². The number of nitrogens with zero attached hydrogens (tertiary/aromatic N) is 1. The van der Waals surface area contributed by atoms with Crippen LogP contribution in [0.3, 0.4) is 0 Å². The van der Waals surface area contributed by atoms with E-state index in [1.165, 1.54) is 11.4 Å². The van der Waals surface area contributed by atoms with Crippen LogP contribution in [0, 0.1) is 0 Å². The highest BCUT2D eigenvalue weighted by Gasteiger charge is 2.18. The van der Waals surface area contributed by atoms with Gasteiger partial charge in [0.25, 0.3) is 5.91 Å². The number of hydrogen-bond acceptors (Lipinski definition) is 4. The molecule has 2 N–H and O–H groups in total. The molecule has 0 bridgehead atoms. The zero-order chi connectivity index (χ0) is 21.5. The SMILES string of the molecule is CCS(=O)(=O)N(C)CCCNC(=O)C(C)NC(=O)c1ccc(C(C)(C)C)cc1. The van der Waals surface area contributed by atoms with Crippen LogP contribution in [0.1, 0.15) is 57.0 Å². The number of hydrogen-bond donors (Lipinski definition) is 2. The Balaban J connectivity index is 2.46. The van der Waals surface area contributed by atoms with Gasteiger partial charge in [0.2, 0.25) is 15.9 Å². The average Bonchev–Trinajstić information content (AvgIpc) is 2.63. The van der Waals surface area contributed by atoms with E-state index in [9.17, 15) is 18.0 Å². The molecule has 0 saturated heterocycles. The Bertz CT molecular complexity index is 768. The minimum absolute atomic E-state index is 0.00666. The maximum Gasteiger partial charge on any atom is 0.251 e. The first-order valence-electron chi connectivity index (χ1n) is 9.51. The van der Waals surface area contributed by atoms with Crippen molar-refractivity contribution in [1.82, 2.24) is 14.9 Å². The first-order chi connectivity index (χ1) is 12.9. The summed E-state index contributed by atoms with van der Waals surface area (Å²) in [5, 5.41) is 5.40. The van der Waals surface area contributed by atoms with Gasteiger partial charge in [0.1, 0.15) is 6.04 Å². The van der Waals surface area contributed by atoms with E-state index in [2.05, 4.69) is 31.4 Å². The number of amides is 2. The standard InChI is InChI=1S/C20H33N3O4S/c1-7-28(26,27)23(6)14-8-13-21-18(24)15(2)22-19(25)16-9-11-17(12-10-16)20(3,4)5/h9-12,15H,7-8,13-14H2,1-6H3,(H,21,24)(H,22,25). The second kappa shape index (κ2) is 10.0. The molecule has 28 heavy (non-hydrogen) atoms. The molecule has 0 radical (unpaired) electrons. The predicted octanol–water partition coefficient (Wildman–Crippen LogP) is 1.89. The van der Waals surface area contributed by atoms with E-state index in [1.807, 2.05) is 12.1 Å². The van der Waals surface area contributed by atoms with Crippen LogP contribution >= 0.6 is 0 Å². The van der Waals surface area contributed by atoms with Crippen molar-refractivity contribution in [2.45, 2.75) is 52.5 Å². The zero-order valence-electron chi connectivity index (χ0n) is 17.7. The van der Waals surface area contributed by atoms with Gasteiger partial charge in [-0.3, -0.25) is 9.59 Å². The minimum Gasteiger partial charge on any atom is -0.354 e. The summed E-state index contributed by atoms with van der Waals surface area (Å²) in [5.74, 6) is -0.562. The van der Waals surface area contributed by atoms with Crippen molar-refractivity contribution in [3.05, 3.63) is 35.4 Å². The van der Waals surface area contributed by atoms with Crippen LogP contribution in [0.4, 0.5) is 0 Å². The summed E-state index contributed by atoms with van der Waals surface area (Å²) in [6, 6.07) is 6.66. The van der Waals surface area contributed by atoms with Gasteiger partial charge in [0, 0.05) is 25.7 Å². The lowest BCUT2D eigenvalue weighted by Crippen LogP contribution is -2.45. The minimum atomic E-state index is -3.21. The highest BCUT2D eigenvalue weighted by Crippen LogP contribution is 2.22. The molecule has 1 atom stereocenters. The lowest BCUT2D eigenvalue weighted by Gasteiger charge is -2.19. The van der Waals surface area contributed by atoms with E-state index < -0.39 is 16.1 Å². The Morgan fingerprint density at radius 1 is 1.14 bits per heavy atom. The Kier molecular flexibility index (Phi) is 8.63. The van der Waals surface area contributed by atoms with Gasteiger partial charge in [-0.1, -0.05) is 32.9 Å². The van der Waals surface area contributed by atoms with E-state index >= 15 is 0 Å². The normalized spacial score (nSPS) is 13.2. The van der Waals surface area contributed by atoms with Gasteiger partial charge in [-0.05, 0) is 43.4 Å². The van der Waals surface area contributed by atoms with Crippen molar-refractivity contribution in [3.63, 3.8) is 0 Å². The number of sulfonamides is 1. The third kappa shape index (κ3) is 7.24. The van der Waals surface area contributed by atoms with Crippen LogP contribution in [0.5, 0.6) is 0 Å². The Hall–Kier alpha value is -1.93. The van der Waals surface area contributed by atoms with Crippen molar-refractivity contribution in [1.29, 1.82) is 0 Å². The molecule has 0 aliphatic rings. The van der Waals surface area contributed by atoms with E-state index in [1.54, 1.807) is 26.0 Å². The topological polar surface area (TPSA) is 95.6 Å². The summed E-state index contributed by atoms with van der Waals surface area (Å²) in [5.41, 5.74) is 1.64. The summed E-state index contributed by atoms with van der Waals surface area (Å²) in [7, 11) is -1.69. The van der Waals surface area contributed by atoms with Gasteiger partial charge in [0.15, 0.2) is 0 Å². The summed E-state index contributed by atoms with van der Waals surface area (Å²) >= 11 is 0. The van der Waals surface area contributed by atoms with Crippen molar-refractivity contribution in [3.8, 4) is 0 Å². The largest absolute Gasteiger partial charge is 0.354 e. The third-order valence-electron chi connectivity index (χ3n) is 4.54. The fourth-order valence-corrected chi connectivity index (χ4v) is 3.34. The maximum atomic E-state index is 12.3. The maximum absolute atomic E-state index is 12.3. The molecule has 0 spiro atoms. The van der Waals surface area contributed by atoms with Gasteiger partial charge >= 0.3 is 0 Å². The first-order valence-corrected chi connectivity index (χ1v) is 11.1. The molecule has 0 fully saturated rings.